The van der Waals surface area contributed by atoms with Crippen molar-refractivity contribution in [2.24, 2.45) is 0 Å². The highest BCUT2D eigenvalue weighted by molar-refractivity contribution is 6.11. The van der Waals surface area contributed by atoms with E-state index in [1.54, 1.807) is 12.3 Å². The summed E-state index contributed by atoms with van der Waals surface area (Å²) in [6.07, 6.45) is 4.12. The van der Waals surface area contributed by atoms with Gasteiger partial charge in [0.25, 0.3) is 0 Å². The molecule has 0 fully saturated rings. The van der Waals surface area contributed by atoms with Crippen molar-refractivity contribution in [2.45, 2.75) is 13.0 Å². The molecule has 1 aromatic carbocycles. The van der Waals surface area contributed by atoms with Gasteiger partial charge in [-0.3, -0.25) is 9.78 Å². The van der Waals surface area contributed by atoms with Crippen molar-refractivity contribution in [2.75, 3.05) is 12.3 Å². The van der Waals surface area contributed by atoms with Crippen LogP contribution < -0.4 is 11.1 Å². The summed E-state index contributed by atoms with van der Waals surface area (Å²) in [5.41, 5.74) is 9.93. The van der Waals surface area contributed by atoms with Crippen LogP contribution in [0.5, 0.6) is 0 Å². The van der Waals surface area contributed by atoms with E-state index in [-0.39, 0.29) is 5.78 Å². The van der Waals surface area contributed by atoms with E-state index in [4.69, 9.17) is 5.73 Å². The lowest BCUT2D eigenvalue weighted by Crippen LogP contribution is -2.23. The van der Waals surface area contributed by atoms with Gasteiger partial charge in [-0.1, -0.05) is 12.1 Å². The number of pyridine rings is 1. The number of nitrogens with two attached hydrogens (primary N) is 1. The van der Waals surface area contributed by atoms with E-state index in [9.17, 15) is 4.79 Å². The lowest BCUT2D eigenvalue weighted by atomic mass is 9.95. The molecular formula is C15H15N3O. The Balaban J connectivity index is 1.98. The molecule has 4 heteroatoms. The van der Waals surface area contributed by atoms with E-state index in [0.29, 0.717) is 16.8 Å². The third-order valence-electron chi connectivity index (χ3n) is 3.45. The number of ketones is 1. The van der Waals surface area contributed by atoms with Crippen LogP contribution in [0.2, 0.25) is 0 Å². The van der Waals surface area contributed by atoms with Gasteiger partial charge in [0.15, 0.2) is 5.78 Å². The van der Waals surface area contributed by atoms with Crippen LogP contribution in [0.15, 0.2) is 36.7 Å². The van der Waals surface area contributed by atoms with Crippen molar-refractivity contribution >= 4 is 11.5 Å². The third kappa shape index (κ3) is 2.22. The number of rotatable bonds is 2. The molecule has 0 saturated carbocycles. The maximum Gasteiger partial charge on any atom is 0.196 e. The second-order valence-electron chi connectivity index (χ2n) is 4.70. The molecule has 4 nitrogen and oxygen atoms in total. The van der Waals surface area contributed by atoms with Gasteiger partial charge in [0, 0.05) is 30.2 Å². The first-order chi connectivity index (χ1) is 9.25. The van der Waals surface area contributed by atoms with Crippen molar-refractivity contribution in [3.05, 3.63) is 58.9 Å². The molecule has 2 heterocycles. The zero-order valence-corrected chi connectivity index (χ0v) is 10.5. The fourth-order valence-corrected chi connectivity index (χ4v) is 2.37. The third-order valence-corrected chi connectivity index (χ3v) is 3.45. The lowest BCUT2D eigenvalue weighted by molar-refractivity contribution is 0.103. The standard InChI is InChI=1S/C15H15N3O/c16-14-4-6-18-9-13(14)15(19)11-2-1-10-3-5-17-8-12(10)7-11/h1-2,4,6-7,9,17H,3,5,8H2,(H2,16,18). The largest absolute Gasteiger partial charge is 0.398 e. The predicted molar refractivity (Wildman–Crippen MR) is 73.9 cm³/mol. The van der Waals surface area contributed by atoms with Crippen molar-refractivity contribution in [3.8, 4) is 0 Å². The Morgan fingerprint density at radius 3 is 3.00 bits per heavy atom. The maximum atomic E-state index is 12.4. The first-order valence-electron chi connectivity index (χ1n) is 6.32. The van der Waals surface area contributed by atoms with Crippen LogP contribution in [0.4, 0.5) is 5.69 Å². The van der Waals surface area contributed by atoms with Crippen LogP contribution >= 0.6 is 0 Å². The van der Waals surface area contributed by atoms with Gasteiger partial charge < -0.3 is 11.1 Å². The molecule has 0 spiro atoms. The molecule has 0 aliphatic carbocycles. The number of benzene rings is 1. The van der Waals surface area contributed by atoms with Crippen molar-refractivity contribution < 1.29 is 4.79 Å². The maximum absolute atomic E-state index is 12.4. The van der Waals surface area contributed by atoms with Crippen LogP contribution in [0.1, 0.15) is 27.0 Å². The lowest BCUT2D eigenvalue weighted by Gasteiger charge is -2.17. The topological polar surface area (TPSA) is 68.0 Å². The first-order valence-corrected chi connectivity index (χ1v) is 6.32. The molecule has 3 N–H and O–H groups in total. The van der Waals surface area contributed by atoms with Crippen molar-refractivity contribution in [1.82, 2.24) is 10.3 Å². The average Bonchev–Trinajstić information content (AvgIpc) is 2.46. The summed E-state index contributed by atoms with van der Waals surface area (Å²) < 4.78 is 0. The van der Waals surface area contributed by atoms with Gasteiger partial charge in [-0.05, 0) is 36.2 Å². The van der Waals surface area contributed by atoms with E-state index in [1.807, 2.05) is 18.2 Å². The quantitative estimate of drug-likeness (QED) is 0.797. The number of nitrogens with zero attached hydrogens (tertiary/aromatic N) is 1. The summed E-state index contributed by atoms with van der Waals surface area (Å²) in [7, 11) is 0. The molecule has 1 aliphatic heterocycles. The number of anilines is 1. The van der Waals surface area contributed by atoms with Crippen LogP contribution in [0.3, 0.4) is 0 Å². The van der Waals surface area contributed by atoms with Crippen molar-refractivity contribution in [1.29, 1.82) is 0 Å². The highest BCUT2D eigenvalue weighted by atomic mass is 16.1. The molecule has 0 radical (unpaired) electrons. The number of nitrogens with one attached hydrogen (secondary N) is 1. The molecule has 0 saturated heterocycles. The summed E-state index contributed by atoms with van der Waals surface area (Å²) in [5, 5.41) is 3.31. The highest BCUT2D eigenvalue weighted by Crippen LogP contribution is 2.20. The Bertz CT molecular complexity index is 637. The van der Waals surface area contributed by atoms with Gasteiger partial charge in [0.1, 0.15) is 0 Å². The van der Waals surface area contributed by atoms with Gasteiger partial charge in [-0.2, -0.15) is 0 Å². The second-order valence-corrected chi connectivity index (χ2v) is 4.70. The molecule has 1 aromatic heterocycles. The van der Waals surface area contributed by atoms with Gasteiger partial charge in [0.2, 0.25) is 0 Å². The molecular weight excluding hydrogens is 238 g/mol. The second kappa shape index (κ2) is 4.82. The number of carbonyl (C=O) groups excluding carboxylic acids is 1. The Morgan fingerprint density at radius 2 is 2.16 bits per heavy atom. The minimum Gasteiger partial charge on any atom is -0.398 e. The van der Waals surface area contributed by atoms with E-state index < -0.39 is 0 Å². The van der Waals surface area contributed by atoms with Crippen molar-refractivity contribution in [3.63, 3.8) is 0 Å². The van der Waals surface area contributed by atoms with E-state index in [2.05, 4.69) is 10.3 Å². The zero-order chi connectivity index (χ0) is 13.2. The summed E-state index contributed by atoms with van der Waals surface area (Å²) >= 11 is 0. The van der Waals surface area contributed by atoms with Crippen LogP contribution in [-0.2, 0) is 13.0 Å². The minimum atomic E-state index is -0.0704. The zero-order valence-electron chi connectivity index (χ0n) is 10.5. The number of hydrogen-bond acceptors (Lipinski definition) is 4. The van der Waals surface area contributed by atoms with Crippen LogP contribution in [0, 0.1) is 0 Å². The number of carbonyl (C=O) groups is 1. The van der Waals surface area contributed by atoms with Gasteiger partial charge in [-0.25, -0.2) is 0 Å². The Kier molecular flexibility index (Phi) is 3.01. The van der Waals surface area contributed by atoms with Crippen LogP contribution in [0.25, 0.3) is 0 Å². The summed E-state index contributed by atoms with van der Waals surface area (Å²) in [4.78, 5) is 16.4. The van der Waals surface area contributed by atoms with Gasteiger partial charge >= 0.3 is 0 Å². The predicted octanol–water partition coefficient (Wildman–Crippen LogP) is 1.54. The van der Waals surface area contributed by atoms with E-state index in [1.165, 1.54) is 17.3 Å². The summed E-state index contributed by atoms with van der Waals surface area (Å²) in [6, 6.07) is 7.51. The molecule has 0 unspecified atom stereocenters. The fraction of sp³-hybridized carbons (Fsp3) is 0.200. The average molecular weight is 253 g/mol. The summed E-state index contributed by atoms with van der Waals surface area (Å²) in [6.45, 7) is 1.81. The first kappa shape index (κ1) is 11.9. The minimum absolute atomic E-state index is 0.0704. The van der Waals surface area contributed by atoms with Gasteiger partial charge in [-0.15, -0.1) is 0 Å². The van der Waals surface area contributed by atoms with E-state index in [0.717, 1.165) is 19.5 Å². The molecule has 3 rings (SSSR count). The Hall–Kier alpha value is -2.20. The fourth-order valence-electron chi connectivity index (χ4n) is 2.37. The molecule has 96 valence electrons. The normalized spacial score (nSPS) is 13.9. The number of fused-ring (bicyclic) bond motifs is 1. The van der Waals surface area contributed by atoms with Gasteiger partial charge in [0.05, 0.1) is 5.56 Å². The smallest absolute Gasteiger partial charge is 0.196 e. The molecule has 2 aromatic rings. The molecule has 1 aliphatic rings. The Morgan fingerprint density at radius 1 is 1.26 bits per heavy atom. The van der Waals surface area contributed by atoms with Crippen LogP contribution in [-0.4, -0.2) is 17.3 Å². The summed E-state index contributed by atoms with van der Waals surface area (Å²) in [5.74, 6) is -0.0704. The Labute approximate surface area is 111 Å². The molecule has 19 heavy (non-hydrogen) atoms. The molecule has 0 atom stereocenters. The number of hydrogen-bond donors (Lipinski definition) is 2. The number of aromatic nitrogens is 1. The SMILES string of the molecule is Nc1ccncc1C(=O)c1ccc2c(c1)CNCC2. The van der Waals surface area contributed by atoms with E-state index >= 15 is 0 Å². The number of nitrogen functional groups attached to an aromatic ring is 1. The monoisotopic (exact) mass is 253 g/mol. The molecule has 0 bridgehead atoms. The molecule has 0 amide bonds. The highest BCUT2D eigenvalue weighted by Gasteiger charge is 2.15.